The second-order valence-corrected chi connectivity index (χ2v) is 13.3. The number of hydrogen-bond acceptors (Lipinski definition) is 10. The Hall–Kier alpha value is -3.16. The Labute approximate surface area is 256 Å². The average Bonchev–Trinajstić information content (AvgIpc) is 3.36. The smallest absolute Gasteiger partial charge is 0.427 e. The van der Waals surface area contributed by atoms with Crippen molar-refractivity contribution < 1.29 is 39.3 Å². The molecule has 5 rings (SSSR count). The van der Waals surface area contributed by atoms with Gasteiger partial charge in [0.05, 0.1) is 24.9 Å². The van der Waals surface area contributed by atoms with Gasteiger partial charge in [-0.15, -0.1) is 0 Å². The minimum atomic E-state index is -1.09. The van der Waals surface area contributed by atoms with Gasteiger partial charge in [0.15, 0.2) is 5.75 Å². The first-order valence-corrected chi connectivity index (χ1v) is 15.6. The number of aromatic nitrogens is 1. The predicted octanol–water partition coefficient (Wildman–Crippen LogP) is 3.43. The topological polar surface area (TPSA) is 138 Å². The first-order valence-electron chi connectivity index (χ1n) is 14.8. The zero-order valence-electron chi connectivity index (χ0n) is 25.1. The third kappa shape index (κ3) is 8.07. The molecule has 0 radical (unpaired) electrons. The molecule has 1 amide bonds. The van der Waals surface area contributed by atoms with E-state index in [0.717, 1.165) is 74.8 Å². The third-order valence-corrected chi connectivity index (χ3v) is 8.81. The number of ether oxygens (including phenoxy) is 3. The van der Waals surface area contributed by atoms with Crippen molar-refractivity contribution in [3.8, 4) is 16.7 Å². The van der Waals surface area contributed by atoms with Crippen LogP contribution in [0.3, 0.4) is 0 Å². The Kier molecular flexibility index (Phi) is 9.62. The number of likely N-dealkylation sites (tertiary alicyclic amines) is 1. The van der Waals surface area contributed by atoms with Gasteiger partial charge >= 0.3 is 11.3 Å². The van der Waals surface area contributed by atoms with Crippen LogP contribution in [0.15, 0.2) is 36.4 Å². The fraction of sp³-hybridized carbons (Fsp3) is 0.548. The maximum atomic E-state index is 13.2. The van der Waals surface area contributed by atoms with Crippen molar-refractivity contribution in [2.24, 2.45) is 0 Å². The second kappa shape index (κ2) is 13.2. The Morgan fingerprint density at radius 1 is 1.19 bits per heavy atom. The highest BCUT2D eigenvalue weighted by atomic mass is 32.1. The van der Waals surface area contributed by atoms with Gasteiger partial charge in [0.2, 0.25) is 0 Å². The SMILES string of the molecule is CC(C)(C)OC(=O)N(Cc1ccc(OCCN2CCC3(CC2)CNCCO3)cc1)C[C@H](O)c1ccc(O)c2[nH+]c(O)sc12. The molecule has 12 heteroatoms. The minimum Gasteiger partial charge on any atom is -0.502 e. The monoisotopic (exact) mass is 615 g/mol. The zero-order valence-corrected chi connectivity index (χ0v) is 25.9. The summed E-state index contributed by atoms with van der Waals surface area (Å²) in [4.78, 5) is 19.8. The number of phenols is 1. The molecule has 0 unspecified atom stereocenters. The molecule has 1 spiro atoms. The molecule has 3 heterocycles. The molecule has 5 N–H and O–H groups in total. The van der Waals surface area contributed by atoms with Crippen LogP contribution in [-0.4, -0.2) is 94.9 Å². The van der Waals surface area contributed by atoms with Crippen molar-refractivity contribution in [3.05, 3.63) is 47.5 Å². The fourth-order valence-corrected chi connectivity index (χ4v) is 6.49. The molecule has 1 aromatic heterocycles. The molecule has 0 bridgehead atoms. The number of aliphatic hydroxyl groups is 1. The molecule has 0 aliphatic carbocycles. The van der Waals surface area contributed by atoms with Crippen LogP contribution < -0.4 is 15.0 Å². The molecule has 11 nitrogen and oxygen atoms in total. The van der Waals surface area contributed by atoms with Gasteiger partial charge in [0, 0.05) is 44.8 Å². The maximum Gasteiger partial charge on any atom is 0.427 e. The van der Waals surface area contributed by atoms with E-state index in [1.807, 2.05) is 24.3 Å². The molecule has 234 valence electrons. The Morgan fingerprint density at radius 3 is 2.60 bits per heavy atom. The molecular formula is C31H43N4O7S+. The lowest BCUT2D eigenvalue weighted by molar-refractivity contribution is -0.356. The van der Waals surface area contributed by atoms with Crippen molar-refractivity contribution in [3.63, 3.8) is 0 Å². The van der Waals surface area contributed by atoms with E-state index in [2.05, 4.69) is 15.2 Å². The standard InChI is InChI=1S/C31H42N4O7S/c1-30(2,3)42-29(39)35(19-25(37)23-8-9-24(36)26-27(23)43-28(38)33-26)18-21-4-6-22(7-5-21)40-17-15-34-13-10-31(11-14-34)20-32-12-16-41-31/h4-9,25,32,36-37H,10-20H2,1-3H3,(H,33,38)/p+1/t25-/m0/s1. The van der Waals surface area contributed by atoms with Gasteiger partial charge in [-0.1, -0.05) is 18.2 Å². The molecule has 0 saturated carbocycles. The number of carbonyl (C=O) groups excluding carboxylic acids is 1. The number of aromatic hydroxyl groups is 2. The zero-order chi connectivity index (χ0) is 30.6. The van der Waals surface area contributed by atoms with E-state index in [0.29, 0.717) is 22.4 Å². The molecule has 2 saturated heterocycles. The summed E-state index contributed by atoms with van der Waals surface area (Å²) in [5.41, 5.74) is 0.951. The largest absolute Gasteiger partial charge is 0.502 e. The lowest BCUT2D eigenvalue weighted by Gasteiger charge is -2.44. The number of morpholine rings is 1. The Morgan fingerprint density at radius 2 is 1.93 bits per heavy atom. The molecule has 2 aromatic carbocycles. The summed E-state index contributed by atoms with van der Waals surface area (Å²) in [6.07, 6.45) is 0.419. The van der Waals surface area contributed by atoms with Crippen molar-refractivity contribution in [1.82, 2.24) is 15.1 Å². The number of hydrogen-bond donors (Lipinski definition) is 4. The third-order valence-electron chi connectivity index (χ3n) is 7.88. The van der Waals surface area contributed by atoms with Crippen LogP contribution in [0.4, 0.5) is 4.79 Å². The number of nitrogens with one attached hydrogen (secondary N) is 2. The number of benzene rings is 2. The van der Waals surface area contributed by atoms with Gasteiger partial charge in [0.1, 0.15) is 22.7 Å². The molecule has 2 aliphatic heterocycles. The summed E-state index contributed by atoms with van der Waals surface area (Å²) in [5.74, 6) is 0.714. The molecule has 2 fully saturated rings. The predicted molar refractivity (Wildman–Crippen MR) is 162 cm³/mol. The summed E-state index contributed by atoms with van der Waals surface area (Å²) in [7, 11) is 0. The Balaban J connectivity index is 1.18. The van der Waals surface area contributed by atoms with Crippen LogP contribution in [0.25, 0.3) is 10.2 Å². The lowest BCUT2D eigenvalue weighted by atomic mass is 9.90. The van der Waals surface area contributed by atoms with E-state index >= 15 is 0 Å². The molecular weight excluding hydrogens is 572 g/mol. The summed E-state index contributed by atoms with van der Waals surface area (Å²) >= 11 is 1.01. The fourth-order valence-electron chi connectivity index (χ4n) is 5.56. The normalized spacial score (nSPS) is 18.0. The number of H-pyrrole nitrogens is 1. The number of thiazole rings is 1. The minimum absolute atomic E-state index is 0.00349. The second-order valence-electron chi connectivity index (χ2n) is 12.3. The van der Waals surface area contributed by atoms with Crippen LogP contribution in [-0.2, 0) is 16.0 Å². The van der Waals surface area contributed by atoms with Crippen LogP contribution in [0.5, 0.6) is 16.7 Å². The van der Waals surface area contributed by atoms with E-state index in [1.54, 1.807) is 26.8 Å². The first-order chi connectivity index (χ1) is 20.5. The van der Waals surface area contributed by atoms with E-state index < -0.39 is 17.8 Å². The van der Waals surface area contributed by atoms with Gasteiger partial charge in [-0.2, -0.15) is 4.98 Å². The van der Waals surface area contributed by atoms with Gasteiger partial charge in [-0.25, -0.2) is 4.79 Å². The first kappa shape index (κ1) is 31.3. The van der Waals surface area contributed by atoms with Crippen LogP contribution in [0.2, 0.25) is 0 Å². The number of amides is 1. The molecule has 2 aliphatic rings. The Bertz CT molecular complexity index is 1380. The summed E-state index contributed by atoms with van der Waals surface area (Å²) < 4.78 is 18.3. The lowest BCUT2D eigenvalue weighted by Crippen LogP contribution is -2.55. The summed E-state index contributed by atoms with van der Waals surface area (Å²) in [6.45, 7) is 11.6. The van der Waals surface area contributed by atoms with Crippen LogP contribution in [0, 0.1) is 0 Å². The van der Waals surface area contributed by atoms with Crippen molar-refractivity contribution in [2.45, 2.75) is 57.5 Å². The van der Waals surface area contributed by atoms with Crippen molar-refractivity contribution in [1.29, 1.82) is 0 Å². The van der Waals surface area contributed by atoms with Gasteiger partial charge in [0.25, 0.3) is 5.52 Å². The number of aliphatic hydroxyl groups excluding tert-OH is 1. The number of piperidine rings is 1. The molecule has 1 atom stereocenters. The highest BCUT2D eigenvalue weighted by molar-refractivity contribution is 7.19. The van der Waals surface area contributed by atoms with E-state index in [-0.39, 0.29) is 29.6 Å². The van der Waals surface area contributed by atoms with E-state index in [9.17, 15) is 20.1 Å². The number of nitrogens with zero attached hydrogens (tertiary/aromatic N) is 2. The van der Waals surface area contributed by atoms with Crippen LogP contribution in [0.1, 0.15) is 50.8 Å². The van der Waals surface area contributed by atoms with Gasteiger partial charge in [-0.05, 0) is 68.7 Å². The van der Waals surface area contributed by atoms with Gasteiger partial charge < -0.3 is 39.7 Å². The number of aromatic amines is 1. The van der Waals surface area contributed by atoms with E-state index in [4.69, 9.17) is 14.2 Å². The van der Waals surface area contributed by atoms with E-state index in [1.165, 1.54) is 11.0 Å². The number of rotatable bonds is 9. The van der Waals surface area contributed by atoms with Gasteiger partial charge in [-0.3, -0.25) is 4.90 Å². The summed E-state index contributed by atoms with van der Waals surface area (Å²) in [5, 5.41) is 34.6. The highest BCUT2D eigenvalue weighted by Crippen LogP contribution is 2.35. The molecule has 3 aromatic rings. The maximum absolute atomic E-state index is 13.2. The average molecular weight is 616 g/mol. The highest BCUT2D eigenvalue weighted by Gasteiger charge is 2.36. The van der Waals surface area contributed by atoms with Crippen molar-refractivity contribution in [2.75, 3.05) is 52.5 Å². The molecule has 43 heavy (non-hydrogen) atoms. The quantitative estimate of drug-likeness (QED) is 0.285. The van der Waals surface area contributed by atoms with Crippen LogP contribution >= 0.6 is 11.3 Å². The van der Waals surface area contributed by atoms with Crippen molar-refractivity contribution >= 4 is 27.6 Å². The summed E-state index contributed by atoms with van der Waals surface area (Å²) in [6, 6.07) is 10.6. The number of fused-ring (bicyclic) bond motifs is 1. The number of phenolic OH excluding ortho intramolecular Hbond substituents is 1. The number of carbonyl (C=O) groups is 1.